The molecule has 0 spiro atoms. The number of hydrogen-bond donors (Lipinski definition) is 0. The minimum atomic E-state index is 0.0421. The number of benzene rings is 1. The van der Waals surface area contributed by atoms with E-state index in [9.17, 15) is 0 Å². The normalized spacial score (nSPS) is 12.7. The fraction of sp³-hybridized carbons (Fsp3) is 0.476. The molecule has 2 aromatic rings. The first kappa shape index (κ1) is 19.7. The Labute approximate surface area is 156 Å². The molecule has 0 saturated carbocycles. The molecule has 0 saturated heterocycles. The minimum absolute atomic E-state index is 0.0421. The van der Waals surface area contributed by atoms with Crippen molar-refractivity contribution in [1.29, 1.82) is 0 Å². The largest absolute Gasteiger partial charge is 0.372 e. The predicted molar refractivity (Wildman–Crippen MR) is 106 cm³/mol. The lowest BCUT2D eigenvalue weighted by Gasteiger charge is -2.15. The van der Waals surface area contributed by atoms with Gasteiger partial charge in [0.05, 0.1) is 19.0 Å². The fourth-order valence-corrected chi connectivity index (χ4v) is 2.81. The third kappa shape index (κ3) is 8.37. The molecule has 3 nitrogen and oxygen atoms in total. The molecule has 0 N–H and O–H groups in total. The summed E-state index contributed by atoms with van der Waals surface area (Å²) in [6.45, 7) is 3.83. The van der Waals surface area contributed by atoms with Gasteiger partial charge in [0.25, 0.3) is 0 Å². The molecule has 2 rings (SSSR count). The van der Waals surface area contributed by atoms with E-state index in [-0.39, 0.29) is 6.10 Å². The van der Waals surface area contributed by atoms with Crippen LogP contribution in [0.3, 0.4) is 0 Å². The summed E-state index contributed by atoms with van der Waals surface area (Å²) in [5.41, 5.74) is 1.13. The van der Waals surface area contributed by atoms with Gasteiger partial charge in [0.15, 0.2) is 0 Å². The van der Waals surface area contributed by atoms with Crippen molar-refractivity contribution < 1.29 is 4.74 Å². The number of imidazole rings is 1. The maximum atomic E-state index is 6.11. The molecule has 0 fully saturated rings. The van der Waals surface area contributed by atoms with E-state index in [4.69, 9.17) is 16.3 Å². The lowest BCUT2D eigenvalue weighted by Crippen LogP contribution is -2.17. The molecule has 0 aliphatic rings. The predicted octanol–water partition coefficient (Wildman–Crippen LogP) is 6.00. The SMILES string of the molecule is CCCCCCCCOC(/C=C/c1ccc(Cl)cc1)Cn1ccnc1. The second-order valence-electron chi connectivity index (χ2n) is 6.35. The van der Waals surface area contributed by atoms with Crippen LogP contribution in [0.1, 0.15) is 51.0 Å². The first-order valence-electron chi connectivity index (χ1n) is 9.29. The van der Waals surface area contributed by atoms with Gasteiger partial charge >= 0.3 is 0 Å². The molecule has 1 aromatic heterocycles. The maximum absolute atomic E-state index is 6.11. The van der Waals surface area contributed by atoms with E-state index in [0.29, 0.717) is 0 Å². The van der Waals surface area contributed by atoms with Crippen molar-refractivity contribution >= 4 is 17.7 Å². The van der Waals surface area contributed by atoms with E-state index in [1.165, 1.54) is 32.1 Å². The molecule has 0 radical (unpaired) electrons. The van der Waals surface area contributed by atoms with Gasteiger partial charge in [0, 0.05) is 24.0 Å². The molecule has 0 bridgehead atoms. The Balaban J connectivity index is 1.81. The number of aromatic nitrogens is 2. The zero-order chi connectivity index (χ0) is 17.7. The lowest BCUT2D eigenvalue weighted by molar-refractivity contribution is 0.0710. The van der Waals surface area contributed by atoms with Crippen LogP contribution in [0, 0.1) is 0 Å². The molecule has 1 atom stereocenters. The minimum Gasteiger partial charge on any atom is -0.372 e. The van der Waals surface area contributed by atoms with E-state index in [0.717, 1.165) is 30.2 Å². The molecule has 4 heteroatoms. The van der Waals surface area contributed by atoms with Crippen molar-refractivity contribution in [2.75, 3.05) is 6.61 Å². The average Bonchev–Trinajstić information content (AvgIpc) is 3.13. The average molecular weight is 361 g/mol. The van der Waals surface area contributed by atoms with Gasteiger partial charge in [0.1, 0.15) is 0 Å². The van der Waals surface area contributed by atoms with Crippen LogP contribution in [0.2, 0.25) is 5.02 Å². The monoisotopic (exact) mass is 360 g/mol. The van der Waals surface area contributed by atoms with Gasteiger partial charge in [-0.3, -0.25) is 0 Å². The number of rotatable bonds is 12. The summed E-state index contributed by atoms with van der Waals surface area (Å²) in [7, 11) is 0. The highest BCUT2D eigenvalue weighted by Gasteiger charge is 2.06. The van der Waals surface area contributed by atoms with Crippen molar-refractivity contribution in [3.8, 4) is 0 Å². The summed E-state index contributed by atoms with van der Waals surface area (Å²) < 4.78 is 8.16. The second-order valence-corrected chi connectivity index (χ2v) is 6.78. The first-order valence-corrected chi connectivity index (χ1v) is 9.67. The van der Waals surface area contributed by atoms with Gasteiger partial charge in [-0.15, -0.1) is 0 Å². The Bertz CT molecular complexity index is 593. The number of unbranched alkanes of at least 4 members (excludes halogenated alkanes) is 5. The molecular weight excluding hydrogens is 332 g/mol. The third-order valence-electron chi connectivity index (χ3n) is 4.15. The Morgan fingerprint density at radius 1 is 1.12 bits per heavy atom. The fourth-order valence-electron chi connectivity index (χ4n) is 2.68. The number of nitrogens with zero attached hydrogens (tertiary/aromatic N) is 2. The van der Waals surface area contributed by atoms with Crippen LogP contribution in [0.5, 0.6) is 0 Å². The summed E-state index contributed by atoms with van der Waals surface area (Å²) in [5.74, 6) is 0. The van der Waals surface area contributed by atoms with E-state index >= 15 is 0 Å². The van der Waals surface area contributed by atoms with Gasteiger partial charge in [-0.2, -0.15) is 0 Å². The van der Waals surface area contributed by atoms with Crippen molar-refractivity contribution in [3.05, 3.63) is 59.6 Å². The van der Waals surface area contributed by atoms with E-state index in [1.807, 2.05) is 36.8 Å². The second kappa shape index (κ2) is 11.9. The summed E-state index contributed by atoms with van der Waals surface area (Å²) in [4.78, 5) is 4.11. The van der Waals surface area contributed by atoms with Crippen molar-refractivity contribution in [2.45, 2.75) is 58.1 Å². The summed E-state index contributed by atoms with van der Waals surface area (Å²) in [6.07, 6.45) is 17.5. The summed E-state index contributed by atoms with van der Waals surface area (Å²) in [5, 5.41) is 0.756. The Hall–Kier alpha value is -1.58. The summed E-state index contributed by atoms with van der Waals surface area (Å²) >= 11 is 5.94. The van der Waals surface area contributed by atoms with Crippen LogP contribution >= 0.6 is 11.6 Å². The van der Waals surface area contributed by atoms with Crippen LogP contribution < -0.4 is 0 Å². The van der Waals surface area contributed by atoms with Crippen molar-refractivity contribution in [1.82, 2.24) is 9.55 Å². The van der Waals surface area contributed by atoms with Crippen LogP contribution in [-0.2, 0) is 11.3 Å². The van der Waals surface area contributed by atoms with Gasteiger partial charge in [0.2, 0.25) is 0 Å². The van der Waals surface area contributed by atoms with Gasteiger partial charge in [-0.1, -0.05) is 74.9 Å². The Morgan fingerprint density at radius 3 is 2.60 bits per heavy atom. The number of halogens is 1. The highest BCUT2D eigenvalue weighted by atomic mass is 35.5. The third-order valence-corrected chi connectivity index (χ3v) is 4.41. The molecule has 136 valence electrons. The highest BCUT2D eigenvalue weighted by Crippen LogP contribution is 2.12. The molecule has 0 aliphatic carbocycles. The first-order chi connectivity index (χ1) is 12.3. The zero-order valence-corrected chi connectivity index (χ0v) is 15.9. The molecule has 1 heterocycles. The van der Waals surface area contributed by atoms with Crippen LogP contribution in [0.15, 0.2) is 49.1 Å². The van der Waals surface area contributed by atoms with Crippen LogP contribution in [0.25, 0.3) is 6.08 Å². The molecular formula is C21H29ClN2O. The standard InChI is InChI=1S/C21H29ClN2O/c1-2-3-4-5-6-7-16-25-21(17-24-15-14-23-18-24)13-10-19-8-11-20(22)12-9-19/h8-15,18,21H,2-7,16-17H2,1H3/b13-10+. The topological polar surface area (TPSA) is 27.1 Å². The molecule has 0 amide bonds. The van der Waals surface area contributed by atoms with Gasteiger partial charge in [-0.25, -0.2) is 4.98 Å². The van der Waals surface area contributed by atoms with Crippen molar-refractivity contribution in [3.63, 3.8) is 0 Å². The van der Waals surface area contributed by atoms with Crippen LogP contribution in [-0.4, -0.2) is 22.3 Å². The molecule has 0 aliphatic heterocycles. The van der Waals surface area contributed by atoms with E-state index in [2.05, 4.69) is 28.6 Å². The van der Waals surface area contributed by atoms with E-state index < -0.39 is 0 Å². The Kier molecular flexibility index (Phi) is 9.38. The van der Waals surface area contributed by atoms with E-state index in [1.54, 1.807) is 6.20 Å². The Morgan fingerprint density at radius 2 is 1.88 bits per heavy atom. The number of ether oxygens (including phenoxy) is 1. The highest BCUT2D eigenvalue weighted by molar-refractivity contribution is 6.30. The number of hydrogen-bond acceptors (Lipinski definition) is 2. The summed E-state index contributed by atoms with van der Waals surface area (Å²) in [6, 6.07) is 7.84. The smallest absolute Gasteiger partial charge is 0.0946 e. The lowest BCUT2D eigenvalue weighted by atomic mass is 10.1. The van der Waals surface area contributed by atoms with Crippen molar-refractivity contribution in [2.24, 2.45) is 0 Å². The van der Waals surface area contributed by atoms with Crippen LogP contribution in [0.4, 0.5) is 0 Å². The zero-order valence-electron chi connectivity index (χ0n) is 15.1. The molecule has 1 aromatic carbocycles. The maximum Gasteiger partial charge on any atom is 0.0946 e. The van der Waals surface area contributed by atoms with Gasteiger partial charge < -0.3 is 9.30 Å². The molecule has 25 heavy (non-hydrogen) atoms. The quantitative estimate of drug-likeness (QED) is 0.434. The van der Waals surface area contributed by atoms with Gasteiger partial charge in [-0.05, 0) is 24.1 Å². The molecule has 1 unspecified atom stereocenters.